The summed E-state index contributed by atoms with van der Waals surface area (Å²) in [5.41, 5.74) is 9.37. The second-order valence-electron chi connectivity index (χ2n) is 9.26. The molecule has 2 heterocycles. The summed E-state index contributed by atoms with van der Waals surface area (Å²) in [7, 11) is 0. The van der Waals surface area contributed by atoms with Gasteiger partial charge in [-0.05, 0) is 49.2 Å². The van der Waals surface area contributed by atoms with Crippen molar-refractivity contribution in [1.29, 1.82) is 0 Å². The second kappa shape index (κ2) is 13.8. The molecular weight excluding hydrogens is 466 g/mol. The van der Waals surface area contributed by atoms with Gasteiger partial charge in [-0.25, -0.2) is 11.0 Å². The van der Waals surface area contributed by atoms with Crippen molar-refractivity contribution in [1.82, 2.24) is 10.4 Å². The van der Waals surface area contributed by atoms with E-state index in [2.05, 4.69) is 34.7 Å². The largest absolute Gasteiger partial charge is 0.482 e. The molecule has 1 aromatic carbocycles. The Morgan fingerprint density at radius 2 is 1.95 bits per heavy atom. The normalized spacial score (nSPS) is 20.0. The van der Waals surface area contributed by atoms with Crippen LogP contribution in [0.25, 0.3) is 5.57 Å². The first-order valence-corrected chi connectivity index (χ1v) is 13.3. The number of ether oxygens (including phenoxy) is 1. The lowest BCUT2D eigenvalue weighted by atomic mass is 9.83. The maximum absolute atomic E-state index is 10.6. The van der Waals surface area contributed by atoms with Gasteiger partial charge in [-0.1, -0.05) is 68.8 Å². The van der Waals surface area contributed by atoms with E-state index in [1.165, 1.54) is 10.7 Å². The molecule has 0 saturated carbocycles. The highest BCUT2D eigenvalue weighted by atomic mass is 16.5. The van der Waals surface area contributed by atoms with Crippen molar-refractivity contribution in [3.8, 4) is 5.75 Å². The Bertz CT molecular complexity index is 1070. The van der Waals surface area contributed by atoms with E-state index in [0.29, 0.717) is 18.8 Å². The molecule has 0 radical (unpaired) electrons. The summed E-state index contributed by atoms with van der Waals surface area (Å²) in [4.78, 5) is 10.6. The van der Waals surface area contributed by atoms with Crippen molar-refractivity contribution >= 4 is 17.4 Å². The molecule has 1 aromatic rings. The van der Waals surface area contributed by atoms with Gasteiger partial charge in [0.05, 0.1) is 12.5 Å². The van der Waals surface area contributed by atoms with Gasteiger partial charge in [0.15, 0.2) is 0 Å². The van der Waals surface area contributed by atoms with Gasteiger partial charge in [-0.3, -0.25) is 4.79 Å². The lowest BCUT2D eigenvalue weighted by Gasteiger charge is -2.40. The molecule has 1 atom stereocenters. The number of nitrogens with one attached hydrogen (secondary N) is 1. The van der Waals surface area contributed by atoms with Crippen molar-refractivity contribution in [2.75, 3.05) is 19.6 Å². The monoisotopic (exact) mass is 507 g/mol. The van der Waals surface area contributed by atoms with Crippen LogP contribution in [0.15, 0.2) is 71.4 Å². The number of carboxylic acids is 1. The van der Waals surface area contributed by atoms with E-state index in [4.69, 9.17) is 21.4 Å². The summed E-state index contributed by atoms with van der Waals surface area (Å²) in [6.45, 7) is 6.39. The fourth-order valence-electron chi connectivity index (χ4n) is 4.68. The number of allylic oxidation sites excluding steroid dienone is 5. The minimum absolute atomic E-state index is 0.175. The molecule has 1 unspecified atom stereocenters. The number of hydrogen-bond acceptors (Lipinski definition) is 6. The fraction of sp³-hybridized carbons (Fsp3) is 0.448. The van der Waals surface area contributed by atoms with Crippen molar-refractivity contribution in [3.05, 3.63) is 71.9 Å². The SMILES string of the molecule is CC.N/C(=N\N(N)CCCCCC(=O)O)C1C=CC=C(C2=CC3(CCNCC3)Oc3ccccc32)C=C1. The third-order valence-electron chi connectivity index (χ3n) is 6.60. The molecular formula is C29H41N5O3. The van der Waals surface area contributed by atoms with Crippen molar-refractivity contribution < 1.29 is 14.6 Å². The zero-order chi connectivity index (χ0) is 26.7. The van der Waals surface area contributed by atoms with Crippen LogP contribution in [0.5, 0.6) is 5.75 Å². The molecule has 0 bridgehead atoms. The van der Waals surface area contributed by atoms with Crippen LogP contribution in [0.1, 0.15) is 57.9 Å². The average Bonchev–Trinajstić information content (AvgIpc) is 3.16. The Morgan fingerprint density at radius 3 is 2.70 bits per heavy atom. The molecule has 0 aromatic heterocycles. The smallest absolute Gasteiger partial charge is 0.303 e. The van der Waals surface area contributed by atoms with Gasteiger partial charge < -0.3 is 20.9 Å². The quantitative estimate of drug-likeness (QED) is 0.128. The van der Waals surface area contributed by atoms with Gasteiger partial charge >= 0.3 is 5.97 Å². The molecule has 1 saturated heterocycles. The van der Waals surface area contributed by atoms with Crippen LogP contribution >= 0.6 is 0 Å². The number of hydrogen-bond donors (Lipinski definition) is 4. The second-order valence-corrected chi connectivity index (χ2v) is 9.26. The minimum Gasteiger partial charge on any atom is -0.482 e. The first-order chi connectivity index (χ1) is 18.0. The lowest BCUT2D eigenvalue weighted by Crippen LogP contribution is -2.46. The molecule has 6 N–H and O–H groups in total. The maximum Gasteiger partial charge on any atom is 0.303 e. The van der Waals surface area contributed by atoms with Crippen LogP contribution in [0.3, 0.4) is 0 Å². The van der Waals surface area contributed by atoms with Crippen LogP contribution < -0.4 is 21.6 Å². The van der Waals surface area contributed by atoms with Crippen LogP contribution in [0.2, 0.25) is 0 Å². The number of fused-ring (bicyclic) bond motifs is 1. The van der Waals surface area contributed by atoms with Gasteiger partial charge in [-0.2, -0.15) is 0 Å². The minimum atomic E-state index is -0.775. The zero-order valence-corrected chi connectivity index (χ0v) is 22.0. The molecule has 8 heteroatoms. The molecule has 1 fully saturated rings. The summed E-state index contributed by atoms with van der Waals surface area (Å²) in [6, 6.07) is 8.21. The first-order valence-electron chi connectivity index (χ1n) is 13.3. The molecule has 1 spiro atoms. The van der Waals surface area contributed by atoms with E-state index in [0.717, 1.165) is 55.7 Å². The molecule has 1 aliphatic carbocycles. The van der Waals surface area contributed by atoms with Crippen molar-refractivity contribution in [2.24, 2.45) is 22.6 Å². The number of unbranched alkanes of at least 4 members (excludes halogenated alkanes) is 2. The molecule has 37 heavy (non-hydrogen) atoms. The highest BCUT2D eigenvalue weighted by Gasteiger charge is 2.37. The molecule has 4 rings (SSSR count). The Kier molecular flexibility index (Phi) is 10.5. The summed E-state index contributed by atoms with van der Waals surface area (Å²) >= 11 is 0. The highest BCUT2D eigenvalue weighted by Crippen LogP contribution is 2.43. The van der Waals surface area contributed by atoms with Crippen LogP contribution in [-0.4, -0.2) is 47.3 Å². The average molecular weight is 508 g/mol. The number of carbonyl (C=O) groups is 1. The molecule has 200 valence electrons. The van der Waals surface area contributed by atoms with Crippen LogP contribution in [0.4, 0.5) is 0 Å². The van der Waals surface area contributed by atoms with E-state index in [-0.39, 0.29) is 17.9 Å². The molecule has 3 aliphatic rings. The van der Waals surface area contributed by atoms with Crippen molar-refractivity contribution in [3.63, 3.8) is 0 Å². The number of benzene rings is 1. The lowest BCUT2D eigenvalue weighted by molar-refractivity contribution is -0.137. The standard InChI is InChI=1S/C27H35N5O3.C2H6/c28-26(31-32(29)18-5-1-2-11-25(33)34)21-8-6-7-20(12-13-21)23-19-27(14-16-30-17-15-27)35-24-10-4-3-9-22(23)24;1-2/h3-4,6-10,12-13,19,21,30H,1-2,5,11,14-18,29H2,(H2,28,31)(H,33,34);1-2H3. The van der Waals surface area contributed by atoms with E-state index in [9.17, 15) is 4.79 Å². The molecule has 2 aliphatic heterocycles. The van der Waals surface area contributed by atoms with Gasteiger partial charge in [0.25, 0.3) is 0 Å². The topological polar surface area (TPSA) is 126 Å². The Balaban J connectivity index is 0.00000186. The Morgan fingerprint density at radius 1 is 1.19 bits per heavy atom. The number of hydrazone groups is 1. The van der Waals surface area contributed by atoms with Gasteiger partial charge in [-0.15, -0.1) is 5.10 Å². The number of carboxylic acid groups (broad SMARTS) is 1. The number of amidine groups is 1. The molecule has 8 nitrogen and oxygen atoms in total. The summed E-state index contributed by atoms with van der Waals surface area (Å²) in [6.07, 6.45) is 16.8. The predicted molar refractivity (Wildman–Crippen MR) is 150 cm³/mol. The number of para-hydroxylation sites is 1. The van der Waals surface area contributed by atoms with Gasteiger partial charge in [0, 0.05) is 24.8 Å². The highest BCUT2D eigenvalue weighted by molar-refractivity contribution is 5.89. The molecule has 0 amide bonds. The fourth-order valence-corrected chi connectivity index (χ4v) is 4.68. The van der Waals surface area contributed by atoms with Gasteiger partial charge in [0.2, 0.25) is 0 Å². The van der Waals surface area contributed by atoms with Crippen LogP contribution in [-0.2, 0) is 4.79 Å². The third-order valence-corrected chi connectivity index (χ3v) is 6.60. The predicted octanol–water partition coefficient (Wildman–Crippen LogP) is 4.37. The Hall–Kier alpha value is -3.36. The van der Waals surface area contributed by atoms with Gasteiger partial charge in [0.1, 0.15) is 17.2 Å². The number of piperidine rings is 1. The zero-order valence-electron chi connectivity index (χ0n) is 22.0. The van der Waals surface area contributed by atoms with E-state index in [1.54, 1.807) is 0 Å². The number of hydrazine groups is 1. The first kappa shape index (κ1) is 28.2. The number of aliphatic carboxylic acids is 1. The van der Waals surface area contributed by atoms with Crippen molar-refractivity contribution in [2.45, 2.75) is 58.0 Å². The maximum atomic E-state index is 10.6. The summed E-state index contributed by atoms with van der Waals surface area (Å²) < 4.78 is 6.50. The summed E-state index contributed by atoms with van der Waals surface area (Å²) in [5.74, 6) is 6.39. The number of nitrogens with two attached hydrogens (primary N) is 2. The van der Waals surface area contributed by atoms with Crippen LogP contribution in [0, 0.1) is 5.92 Å². The van der Waals surface area contributed by atoms with E-state index in [1.807, 2.05) is 50.3 Å². The summed E-state index contributed by atoms with van der Waals surface area (Å²) in [5, 5.41) is 17.8. The third kappa shape index (κ3) is 7.81. The number of nitrogens with zero attached hydrogens (tertiary/aromatic N) is 2. The van der Waals surface area contributed by atoms with E-state index >= 15 is 0 Å². The Labute approximate surface area is 220 Å². The number of rotatable bonds is 9. The van der Waals surface area contributed by atoms with E-state index < -0.39 is 5.97 Å².